The number of hydrogen-bond donors (Lipinski definition) is 1. The number of hydrogen-bond acceptors (Lipinski definition) is 4. The van der Waals surface area contributed by atoms with Gasteiger partial charge in [0, 0.05) is 25.7 Å². The molecule has 1 unspecified atom stereocenters. The zero-order chi connectivity index (χ0) is 14.5. The number of morpholine rings is 1. The highest BCUT2D eigenvalue weighted by molar-refractivity contribution is 6.32. The summed E-state index contributed by atoms with van der Waals surface area (Å²) in [5.74, 6) is 0.689. The van der Waals surface area contributed by atoms with Gasteiger partial charge < -0.3 is 15.2 Å². The Kier molecular flexibility index (Phi) is 5.66. The number of benzene rings is 1. The second kappa shape index (κ2) is 7.27. The van der Waals surface area contributed by atoms with Crippen molar-refractivity contribution in [3.05, 3.63) is 28.8 Å². The van der Waals surface area contributed by atoms with E-state index < -0.39 is 0 Å². The fourth-order valence-corrected chi connectivity index (χ4v) is 2.54. The highest BCUT2D eigenvalue weighted by Gasteiger charge is 2.22. The fourth-order valence-electron chi connectivity index (χ4n) is 2.28. The van der Waals surface area contributed by atoms with Gasteiger partial charge in [0.2, 0.25) is 0 Å². The van der Waals surface area contributed by atoms with Crippen LogP contribution in [0.1, 0.15) is 19.4 Å². The average Bonchev–Trinajstić information content (AvgIpc) is 2.46. The molecular formula is C15H23ClN2O2. The van der Waals surface area contributed by atoms with E-state index in [1.54, 1.807) is 0 Å². The van der Waals surface area contributed by atoms with Gasteiger partial charge in [0.1, 0.15) is 18.5 Å². The summed E-state index contributed by atoms with van der Waals surface area (Å²) in [5, 5.41) is 0.601. The van der Waals surface area contributed by atoms with Crippen LogP contribution in [0.4, 0.5) is 0 Å². The molecule has 0 aliphatic carbocycles. The minimum atomic E-state index is 0.0939. The second-order valence-electron chi connectivity index (χ2n) is 5.36. The van der Waals surface area contributed by atoms with Crippen LogP contribution < -0.4 is 10.5 Å². The molecule has 0 spiro atoms. The Bertz CT molecular complexity index is 440. The largest absolute Gasteiger partial charge is 0.489 e. The third-order valence-corrected chi connectivity index (χ3v) is 3.85. The van der Waals surface area contributed by atoms with E-state index in [-0.39, 0.29) is 6.10 Å². The predicted octanol–water partition coefficient (Wildman–Crippen LogP) is 2.29. The molecule has 4 nitrogen and oxygen atoms in total. The van der Waals surface area contributed by atoms with E-state index in [1.165, 1.54) is 0 Å². The normalized spacial score (nSPS) is 20.4. The van der Waals surface area contributed by atoms with Gasteiger partial charge in [-0.05, 0) is 31.5 Å². The first-order valence-corrected chi connectivity index (χ1v) is 7.45. The quantitative estimate of drug-likeness (QED) is 0.906. The summed E-state index contributed by atoms with van der Waals surface area (Å²) in [6, 6.07) is 6.18. The topological polar surface area (TPSA) is 47.7 Å². The molecule has 0 radical (unpaired) electrons. The lowest BCUT2D eigenvalue weighted by Gasteiger charge is -2.35. The molecule has 1 aliphatic heterocycles. The van der Waals surface area contributed by atoms with Crippen LogP contribution in [0.2, 0.25) is 5.02 Å². The minimum Gasteiger partial charge on any atom is -0.489 e. The summed E-state index contributed by atoms with van der Waals surface area (Å²) >= 11 is 6.17. The molecule has 1 aromatic rings. The number of nitrogens with zero attached hydrogens (tertiary/aromatic N) is 1. The highest BCUT2D eigenvalue weighted by Crippen LogP contribution is 2.25. The first-order valence-electron chi connectivity index (χ1n) is 7.07. The third-order valence-electron chi connectivity index (χ3n) is 3.56. The van der Waals surface area contributed by atoms with Crippen LogP contribution in [0, 0.1) is 0 Å². The smallest absolute Gasteiger partial charge is 0.138 e. The van der Waals surface area contributed by atoms with Gasteiger partial charge in [0.15, 0.2) is 0 Å². The maximum absolute atomic E-state index is 6.17. The van der Waals surface area contributed by atoms with Crippen LogP contribution in [0.25, 0.3) is 0 Å². The molecular weight excluding hydrogens is 276 g/mol. The second-order valence-corrected chi connectivity index (χ2v) is 5.77. The van der Waals surface area contributed by atoms with Crippen molar-refractivity contribution in [2.45, 2.75) is 32.5 Å². The van der Waals surface area contributed by atoms with E-state index in [0.717, 1.165) is 25.3 Å². The van der Waals surface area contributed by atoms with Crippen LogP contribution in [0.3, 0.4) is 0 Å². The van der Waals surface area contributed by atoms with Crippen molar-refractivity contribution in [1.82, 2.24) is 4.90 Å². The molecule has 1 heterocycles. The molecule has 0 bridgehead atoms. The summed E-state index contributed by atoms with van der Waals surface area (Å²) in [5.41, 5.74) is 6.58. The SMILES string of the molecule is CC(C)N1CCOC(COc2ccc(CN)cc2Cl)C1. The maximum atomic E-state index is 6.17. The minimum absolute atomic E-state index is 0.0939. The molecule has 1 aromatic carbocycles. The van der Waals surface area contributed by atoms with Crippen molar-refractivity contribution in [3.63, 3.8) is 0 Å². The zero-order valence-corrected chi connectivity index (χ0v) is 12.9. The van der Waals surface area contributed by atoms with Crippen molar-refractivity contribution < 1.29 is 9.47 Å². The van der Waals surface area contributed by atoms with Gasteiger partial charge in [-0.25, -0.2) is 0 Å². The molecule has 1 saturated heterocycles. The molecule has 0 amide bonds. The number of rotatable bonds is 5. The lowest BCUT2D eigenvalue weighted by Crippen LogP contribution is -2.47. The van der Waals surface area contributed by atoms with Crippen molar-refractivity contribution in [3.8, 4) is 5.75 Å². The molecule has 0 saturated carbocycles. The molecule has 2 rings (SSSR count). The Morgan fingerprint density at radius 2 is 2.30 bits per heavy atom. The summed E-state index contributed by atoms with van der Waals surface area (Å²) in [6.07, 6.45) is 0.0939. The van der Waals surface area contributed by atoms with Crippen molar-refractivity contribution in [1.29, 1.82) is 0 Å². The van der Waals surface area contributed by atoms with Crippen LogP contribution in [0.15, 0.2) is 18.2 Å². The van der Waals surface area contributed by atoms with E-state index in [9.17, 15) is 0 Å². The first kappa shape index (κ1) is 15.6. The van der Waals surface area contributed by atoms with E-state index >= 15 is 0 Å². The highest BCUT2D eigenvalue weighted by atomic mass is 35.5. The summed E-state index contributed by atoms with van der Waals surface area (Å²) in [6.45, 7) is 8.04. The standard InChI is InChI=1S/C15H23ClN2O2/c1-11(2)18-5-6-19-13(9-18)10-20-15-4-3-12(8-17)7-14(15)16/h3-4,7,11,13H,5-6,8-10,17H2,1-2H3. The van der Waals surface area contributed by atoms with Gasteiger partial charge >= 0.3 is 0 Å². The number of nitrogens with two attached hydrogens (primary N) is 1. The third kappa shape index (κ3) is 4.09. The van der Waals surface area contributed by atoms with Crippen molar-refractivity contribution in [2.24, 2.45) is 5.73 Å². The Balaban J connectivity index is 1.88. The molecule has 112 valence electrons. The molecule has 0 aromatic heterocycles. The predicted molar refractivity (Wildman–Crippen MR) is 81.3 cm³/mol. The van der Waals surface area contributed by atoms with E-state index in [0.29, 0.717) is 30.0 Å². The maximum Gasteiger partial charge on any atom is 0.138 e. The van der Waals surface area contributed by atoms with Crippen LogP contribution in [0.5, 0.6) is 5.75 Å². The van der Waals surface area contributed by atoms with Gasteiger partial charge in [0.05, 0.1) is 11.6 Å². The van der Waals surface area contributed by atoms with Crippen molar-refractivity contribution >= 4 is 11.6 Å². The first-order chi connectivity index (χ1) is 9.60. The summed E-state index contributed by atoms with van der Waals surface area (Å²) in [4.78, 5) is 2.40. The van der Waals surface area contributed by atoms with E-state index in [2.05, 4.69) is 18.7 Å². The Hall–Kier alpha value is -0.810. The Morgan fingerprint density at radius 3 is 2.95 bits per heavy atom. The van der Waals surface area contributed by atoms with Gasteiger partial charge in [-0.15, -0.1) is 0 Å². The Labute approximate surface area is 125 Å². The number of halogens is 1. The number of ether oxygens (including phenoxy) is 2. The monoisotopic (exact) mass is 298 g/mol. The fraction of sp³-hybridized carbons (Fsp3) is 0.600. The zero-order valence-electron chi connectivity index (χ0n) is 12.1. The molecule has 20 heavy (non-hydrogen) atoms. The van der Waals surface area contributed by atoms with Crippen LogP contribution in [-0.2, 0) is 11.3 Å². The molecule has 1 aliphatic rings. The van der Waals surface area contributed by atoms with Gasteiger partial charge in [-0.1, -0.05) is 17.7 Å². The summed E-state index contributed by atoms with van der Waals surface area (Å²) in [7, 11) is 0. The molecule has 5 heteroatoms. The lowest BCUT2D eigenvalue weighted by atomic mass is 10.2. The van der Waals surface area contributed by atoms with E-state index in [4.69, 9.17) is 26.8 Å². The van der Waals surface area contributed by atoms with Gasteiger partial charge in [0.25, 0.3) is 0 Å². The van der Waals surface area contributed by atoms with Crippen LogP contribution >= 0.6 is 11.6 Å². The van der Waals surface area contributed by atoms with Gasteiger partial charge in [-0.3, -0.25) is 4.90 Å². The van der Waals surface area contributed by atoms with Crippen molar-refractivity contribution in [2.75, 3.05) is 26.3 Å². The van der Waals surface area contributed by atoms with Gasteiger partial charge in [-0.2, -0.15) is 0 Å². The van der Waals surface area contributed by atoms with E-state index in [1.807, 2.05) is 18.2 Å². The molecule has 1 atom stereocenters. The molecule has 2 N–H and O–H groups in total. The Morgan fingerprint density at radius 1 is 1.50 bits per heavy atom. The summed E-state index contributed by atoms with van der Waals surface area (Å²) < 4.78 is 11.5. The lowest BCUT2D eigenvalue weighted by molar-refractivity contribution is -0.0564. The van der Waals surface area contributed by atoms with Crippen LogP contribution in [-0.4, -0.2) is 43.3 Å². The average molecular weight is 299 g/mol. The molecule has 1 fully saturated rings.